The van der Waals surface area contributed by atoms with E-state index in [-0.39, 0.29) is 5.54 Å². The van der Waals surface area contributed by atoms with E-state index in [9.17, 15) is 0 Å². The van der Waals surface area contributed by atoms with Crippen LogP contribution in [0, 0.1) is 0 Å². The molecule has 0 radical (unpaired) electrons. The van der Waals surface area contributed by atoms with Crippen LogP contribution in [0.1, 0.15) is 47.0 Å². The van der Waals surface area contributed by atoms with Gasteiger partial charge in [0.15, 0.2) is 0 Å². The predicted molar refractivity (Wildman–Crippen MR) is 55.8 cm³/mol. The summed E-state index contributed by atoms with van der Waals surface area (Å²) in [7, 11) is 0. The Morgan fingerprint density at radius 3 is 2.42 bits per heavy atom. The van der Waals surface area contributed by atoms with Gasteiger partial charge in [-0.05, 0) is 33.6 Å². The van der Waals surface area contributed by atoms with Crippen LogP contribution >= 0.6 is 0 Å². The molecule has 0 rings (SSSR count). The summed E-state index contributed by atoms with van der Waals surface area (Å²) in [6, 6.07) is 0. The summed E-state index contributed by atoms with van der Waals surface area (Å²) >= 11 is 0. The Morgan fingerprint density at radius 1 is 1.42 bits per heavy atom. The summed E-state index contributed by atoms with van der Waals surface area (Å²) in [5.74, 6) is 0. The highest BCUT2D eigenvalue weighted by Crippen LogP contribution is 2.03. The van der Waals surface area contributed by atoms with Gasteiger partial charge in [0.25, 0.3) is 0 Å². The number of nitrogens with zero attached hydrogens (tertiary/aromatic N) is 1. The van der Waals surface area contributed by atoms with Crippen LogP contribution < -0.4 is 5.73 Å². The first-order valence-electron chi connectivity index (χ1n) is 4.74. The minimum Gasteiger partial charge on any atom is -0.325 e. The molecule has 0 aliphatic carbocycles. The normalized spacial score (nSPS) is 13.6. The summed E-state index contributed by atoms with van der Waals surface area (Å²) in [6.45, 7) is 9.21. The molecule has 0 aromatic carbocycles. The van der Waals surface area contributed by atoms with Gasteiger partial charge in [0.1, 0.15) is 0 Å². The second kappa shape index (κ2) is 5.31. The van der Waals surface area contributed by atoms with E-state index in [0.29, 0.717) is 0 Å². The Kier molecular flexibility index (Phi) is 5.14. The van der Waals surface area contributed by atoms with Crippen LogP contribution in [-0.2, 0) is 0 Å². The first-order chi connectivity index (χ1) is 5.45. The molecule has 0 aliphatic heterocycles. The van der Waals surface area contributed by atoms with E-state index in [2.05, 4.69) is 18.8 Å². The lowest BCUT2D eigenvalue weighted by Gasteiger charge is -2.16. The monoisotopic (exact) mass is 170 g/mol. The molecule has 0 fully saturated rings. The van der Waals surface area contributed by atoms with Gasteiger partial charge in [-0.2, -0.15) is 0 Å². The maximum atomic E-state index is 5.83. The molecular formula is C10H22N2. The quantitative estimate of drug-likeness (QED) is 0.632. The molecule has 0 unspecified atom stereocenters. The fraction of sp³-hybridized carbons (Fsp3) is 0.900. The van der Waals surface area contributed by atoms with Gasteiger partial charge in [-0.25, -0.2) is 0 Å². The highest BCUT2D eigenvalue weighted by Gasteiger charge is 2.08. The number of hydrogen-bond acceptors (Lipinski definition) is 2. The van der Waals surface area contributed by atoms with Crippen molar-refractivity contribution in [2.75, 3.05) is 6.54 Å². The fourth-order valence-corrected chi connectivity index (χ4v) is 0.976. The molecule has 0 heterocycles. The predicted octanol–water partition coefficient (Wildman–Crippen LogP) is 2.37. The van der Waals surface area contributed by atoms with E-state index in [0.717, 1.165) is 19.4 Å². The van der Waals surface area contributed by atoms with E-state index in [1.54, 1.807) is 0 Å². The molecule has 2 heteroatoms. The first-order valence-corrected chi connectivity index (χ1v) is 4.74. The maximum absolute atomic E-state index is 5.83. The Balaban J connectivity index is 3.60. The van der Waals surface area contributed by atoms with Crippen LogP contribution in [-0.4, -0.2) is 17.8 Å². The van der Waals surface area contributed by atoms with Gasteiger partial charge >= 0.3 is 0 Å². The van der Waals surface area contributed by atoms with E-state index in [1.165, 1.54) is 12.1 Å². The molecule has 0 atom stereocenters. The van der Waals surface area contributed by atoms with Gasteiger partial charge in [-0.15, -0.1) is 0 Å². The lowest BCUT2D eigenvalue weighted by molar-refractivity contribution is 0.484. The molecule has 0 bridgehead atoms. The largest absolute Gasteiger partial charge is 0.325 e. The standard InChI is InChI=1S/C10H22N2/c1-5-6-9(2)12-8-7-10(3,4)11/h5-8,11H2,1-4H3. The lowest BCUT2D eigenvalue weighted by atomic mass is 10.0. The van der Waals surface area contributed by atoms with E-state index in [4.69, 9.17) is 5.73 Å². The Labute approximate surface area is 76.3 Å². The van der Waals surface area contributed by atoms with Crippen LogP contribution in [0.15, 0.2) is 4.99 Å². The second-order valence-corrected chi connectivity index (χ2v) is 4.11. The molecule has 2 nitrogen and oxygen atoms in total. The van der Waals surface area contributed by atoms with Gasteiger partial charge in [-0.3, -0.25) is 4.99 Å². The molecule has 0 amide bonds. The van der Waals surface area contributed by atoms with Crippen molar-refractivity contribution in [3.8, 4) is 0 Å². The van der Waals surface area contributed by atoms with Crippen LogP contribution in [0.5, 0.6) is 0 Å². The minimum absolute atomic E-state index is 0.0734. The molecule has 0 aliphatic rings. The van der Waals surface area contributed by atoms with Gasteiger partial charge < -0.3 is 5.73 Å². The van der Waals surface area contributed by atoms with Crippen molar-refractivity contribution in [2.24, 2.45) is 10.7 Å². The molecule has 0 saturated carbocycles. The van der Waals surface area contributed by atoms with Gasteiger partial charge in [0.05, 0.1) is 0 Å². The molecule has 0 aromatic rings. The zero-order valence-corrected chi connectivity index (χ0v) is 8.85. The first kappa shape index (κ1) is 11.6. The van der Waals surface area contributed by atoms with Gasteiger partial charge in [0, 0.05) is 17.8 Å². The lowest BCUT2D eigenvalue weighted by Crippen LogP contribution is -2.32. The number of nitrogens with two attached hydrogens (primary N) is 1. The van der Waals surface area contributed by atoms with Crippen molar-refractivity contribution in [3.63, 3.8) is 0 Å². The maximum Gasteiger partial charge on any atom is 0.0405 e. The second-order valence-electron chi connectivity index (χ2n) is 4.11. The smallest absolute Gasteiger partial charge is 0.0405 e. The molecule has 12 heavy (non-hydrogen) atoms. The van der Waals surface area contributed by atoms with Gasteiger partial charge in [-0.1, -0.05) is 13.3 Å². The summed E-state index contributed by atoms with van der Waals surface area (Å²) in [6.07, 6.45) is 3.26. The zero-order chi connectivity index (χ0) is 9.61. The summed E-state index contributed by atoms with van der Waals surface area (Å²) < 4.78 is 0. The Bertz CT molecular complexity index is 142. The summed E-state index contributed by atoms with van der Waals surface area (Å²) in [4.78, 5) is 4.44. The van der Waals surface area contributed by atoms with Gasteiger partial charge in [0.2, 0.25) is 0 Å². The number of rotatable bonds is 5. The molecule has 0 saturated heterocycles. The van der Waals surface area contributed by atoms with E-state index < -0.39 is 0 Å². The van der Waals surface area contributed by atoms with Crippen LogP contribution in [0.25, 0.3) is 0 Å². The van der Waals surface area contributed by atoms with Crippen molar-refractivity contribution in [1.29, 1.82) is 0 Å². The third-order valence-corrected chi connectivity index (χ3v) is 1.75. The third kappa shape index (κ3) is 7.73. The minimum atomic E-state index is -0.0734. The zero-order valence-electron chi connectivity index (χ0n) is 8.85. The van der Waals surface area contributed by atoms with E-state index >= 15 is 0 Å². The SMILES string of the molecule is CCCC(C)=NCCC(C)(C)N. The van der Waals surface area contributed by atoms with Crippen LogP contribution in [0.3, 0.4) is 0 Å². The highest BCUT2D eigenvalue weighted by atomic mass is 14.8. The number of aliphatic imine (C=N–C) groups is 1. The topological polar surface area (TPSA) is 38.4 Å². The average Bonchev–Trinajstić information content (AvgIpc) is 1.84. The van der Waals surface area contributed by atoms with Crippen LogP contribution in [0.4, 0.5) is 0 Å². The van der Waals surface area contributed by atoms with Crippen molar-refractivity contribution in [1.82, 2.24) is 0 Å². The van der Waals surface area contributed by atoms with Crippen molar-refractivity contribution in [3.05, 3.63) is 0 Å². The molecular weight excluding hydrogens is 148 g/mol. The average molecular weight is 170 g/mol. The van der Waals surface area contributed by atoms with Crippen molar-refractivity contribution in [2.45, 2.75) is 52.5 Å². The Hall–Kier alpha value is -0.370. The fourth-order valence-electron chi connectivity index (χ4n) is 0.976. The third-order valence-electron chi connectivity index (χ3n) is 1.75. The van der Waals surface area contributed by atoms with Crippen molar-refractivity contribution < 1.29 is 0 Å². The van der Waals surface area contributed by atoms with E-state index in [1.807, 2.05) is 13.8 Å². The molecule has 2 N–H and O–H groups in total. The molecule has 72 valence electrons. The highest BCUT2D eigenvalue weighted by molar-refractivity contribution is 5.81. The summed E-state index contributed by atoms with van der Waals surface area (Å²) in [5, 5.41) is 0. The summed E-state index contributed by atoms with van der Waals surface area (Å²) in [5.41, 5.74) is 7.00. The molecule has 0 aromatic heterocycles. The number of hydrogen-bond donors (Lipinski definition) is 1. The molecule has 0 spiro atoms. The van der Waals surface area contributed by atoms with Crippen LogP contribution in [0.2, 0.25) is 0 Å². The van der Waals surface area contributed by atoms with Crippen molar-refractivity contribution >= 4 is 5.71 Å². The Morgan fingerprint density at radius 2 is 2.00 bits per heavy atom.